The van der Waals surface area contributed by atoms with Gasteiger partial charge in [-0.05, 0) is 19.2 Å². The van der Waals surface area contributed by atoms with E-state index in [2.05, 4.69) is 4.90 Å². The number of carbonyl (C=O) groups is 1. The van der Waals surface area contributed by atoms with Crippen molar-refractivity contribution < 1.29 is 14.3 Å². The summed E-state index contributed by atoms with van der Waals surface area (Å²) in [7, 11) is 5.18. The predicted octanol–water partition coefficient (Wildman–Crippen LogP) is 0.419. The maximum Gasteiger partial charge on any atom is 0.258 e. The lowest BCUT2D eigenvalue weighted by Crippen LogP contribution is -2.56. The maximum absolute atomic E-state index is 12.8. The van der Waals surface area contributed by atoms with Gasteiger partial charge in [-0.2, -0.15) is 0 Å². The molecule has 1 atom stereocenters. The van der Waals surface area contributed by atoms with Gasteiger partial charge in [-0.25, -0.2) is 0 Å². The van der Waals surface area contributed by atoms with Gasteiger partial charge in [-0.15, -0.1) is 0 Å². The van der Waals surface area contributed by atoms with Gasteiger partial charge in [-0.3, -0.25) is 4.79 Å². The first-order valence-electron chi connectivity index (χ1n) is 7.02. The van der Waals surface area contributed by atoms with Crippen molar-refractivity contribution in [3.63, 3.8) is 0 Å². The molecule has 0 spiro atoms. The van der Waals surface area contributed by atoms with Crippen LogP contribution in [0.3, 0.4) is 0 Å². The molecule has 1 aliphatic heterocycles. The summed E-state index contributed by atoms with van der Waals surface area (Å²) in [5.74, 6) is 1.14. The number of piperazine rings is 1. The molecule has 116 valence electrons. The van der Waals surface area contributed by atoms with Crippen LogP contribution in [0.2, 0.25) is 0 Å². The Bertz CT molecular complexity index is 507. The van der Waals surface area contributed by atoms with E-state index in [1.807, 2.05) is 11.9 Å². The Balaban J connectivity index is 2.26. The number of nitrogens with two attached hydrogens (primary N) is 1. The minimum Gasteiger partial charge on any atom is -0.497 e. The molecule has 1 unspecified atom stereocenters. The van der Waals surface area contributed by atoms with E-state index in [1.54, 1.807) is 32.4 Å². The van der Waals surface area contributed by atoms with Crippen molar-refractivity contribution >= 4 is 5.91 Å². The Hall–Kier alpha value is -1.79. The summed E-state index contributed by atoms with van der Waals surface area (Å²) in [5, 5.41) is 0. The monoisotopic (exact) mass is 293 g/mol. The number of likely N-dealkylation sites (N-methyl/N-ethyl adjacent to an activating group) is 1. The van der Waals surface area contributed by atoms with Crippen molar-refractivity contribution in [2.75, 3.05) is 47.4 Å². The SMILES string of the molecule is COc1ccc(C(=O)N2CCN(C)CC2CN)c(OC)c1. The third kappa shape index (κ3) is 3.28. The molecule has 0 aromatic heterocycles. The molecule has 2 rings (SSSR count). The number of carbonyl (C=O) groups excluding carboxylic acids is 1. The summed E-state index contributed by atoms with van der Waals surface area (Å²) in [6, 6.07) is 5.26. The van der Waals surface area contributed by atoms with E-state index in [1.165, 1.54) is 0 Å². The third-order valence-electron chi connectivity index (χ3n) is 3.86. The van der Waals surface area contributed by atoms with Crippen LogP contribution in [0.25, 0.3) is 0 Å². The number of hydrogen-bond acceptors (Lipinski definition) is 5. The van der Waals surface area contributed by atoms with Crippen LogP contribution in [-0.2, 0) is 0 Å². The molecular weight excluding hydrogens is 270 g/mol. The van der Waals surface area contributed by atoms with E-state index >= 15 is 0 Å². The highest BCUT2D eigenvalue weighted by atomic mass is 16.5. The molecule has 6 heteroatoms. The van der Waals surface area contributed by atoms with Gasteiger partial charge < -0.3 is 25.0 Å². The van der Waals surface area contributed by atoms with Crippen LogP contribution >= 0.6 is 0 Å². The van der Waals surface area contributed by atoms with Gasteiger partial charge in [0.2, 0.25) is 0 Å². The van der Waals surface area contributed by atoms with Crippen molar-refractivity contribution in [3.8, 4) is 11.5 Å². The van der Waals surface area contributed by atoms with Crippen LogP contribution < -0.4 is 15.2 Å². The Labute approximate surface area is 125 Å². The van der Waals surface area contributed by atoms with E-state index < -0.39 is 0 Å². The highest BCUT2D eigenvalue weighted by Crippen LogP contribution is 2.26. The lowest BCUT2D eigenvalue weighted by Gasteiger charge is -2.39. The summed E-state index contributed by atoms with van der Waals surface area (Å²) in [4.78, 5) is 16.8. The number of hydrogen-bond donors (Lipinski definition) is 1. The summed E-state index contributed by atoms with van der Waals surface area (Å²) >= 11 is 0. The Kier molecular flexibility index (Phi) is 5.03. The van der Waals surface area contributed by atoms with Crippen LogP contribution in [0.15, 0.2) is 18.2 Å². The van der Waals surface area contributed by atoms with Gasteiger partial charge in [0, 0.05) is 32.2 Å². The average Bonchev–Trinajstić information content (AvgIpc) is 2.53. The molecule has 0 saturated carbocycles. The molecule has 1 fully saturated rings. The predicted molar refractivity (Wildman–Crippen MR) is 80.9 cm³/mol. The Morgan fingerprint density at radius 1 is 1.33 bits per heavy atom. The first-order chi connectivity index (χ1) is 10.1. The zero-order chi connectivity index (χ0) is 15.4. The molecular formula is C15H23N3O3. The standard InChI is InChI=1S/C15H23N3O3/c1-17-6-7-18(11(9-16)10-17)15(19)13-5-4-12(20-2)8-14(13)21-3/h4-5,8,11H,6-7,9-10,16H2,1-3H3. The molecule has 1 aliphatic rings. The third-order valence-corrected chi connectivity index (χ3v) is 3.86. The van der Waals surface area contributed by atoms with Crippen molar-refractivity contribution in [2.24, 2.45) is 5.73 Å². The van der Waals surface area contributed by atoms with Crippen LogP contribution in [-0.4, -0.2) is 69.2 Å². The summed E-state index contributed by atoms with van der Waals surface area (Å²) in [6.07, 6.45) is 0. The fourth-order valence-electron chi connectivity index (χ4n) is 2.61. The average molecular weight is 293 g/mol. The number of amides is 1. The van der Waals surface area contributed by atoms with Gasteiger partial charge in [0.15, 0.2) is 0 Å². The minimum absolute atomic E-state index is 0.0306. The topological polar surface area (TPSA) is 68.0 Å². The number of nitrogens with zero attached hydrogens (tertiary/aromatic N) is 2. The van der Waals surface area contributed by atoms with E-state index in [-0.39, 0.29) is 11.9 Å². The molecule has 21 heavy (non-hydrogen) atoms. The lowest BCUT2D eigenvalue weighted by molar-refractivity contribution is 0.0513. The molecule has 1 heterocycles. The Morgan fingerprint density at radius 2 is 2.10 bits per heavy atom. The van der Waals surface area contributed by atoms with E-state index in [4.69, 9.17) is 15.2 Å². The van der Waals surface area contributed by atoms with Gasteiger partial charge in [0.1, 0.15) is 11.5 Å². The molecule has 2 N–H and O–H groups in total. The number of ether oxygens (including phenoxy) is 2. The van der Waals surface area contributed by atoms with E-state index in [0.717, 1.165) is 13.1 Å². The number of methoxy groups -OCH3 is 2. The Morgan fingerprint density at radius 3 is 2.71 bits per heavy atom. The van der Waals surface area contributed by atoms with Crippen LogP contribution in [0.1, 0.15) is 10.4 Å². The van der Waals surface area contributed by atoms with Crippen molar-refractivity contribution in [1.82, 2.24) is 9.80 Å². The summed E-state index contributed by atoms with van der Waals surface area (Å²) < 4.78 is 10.5. The van der Waals surface area contributed by atoms with Crippen molar-refractivity contribution in [3.05, 3.63) is 23.8 Å². The fourth-order valence-corrected chi connectivity index (χ4v) is 2.61. The molecule has 1 aromatic rings. The quantitative estimate of drug-likeness (QED) is 0.871. The highest BCUT2D eigenvalue weighted by molar-refractivity contribution is 5.97. The van der Waals surface area contributed by atoms with Crippen molar-refractivity contribution in [2.45, 2.75) is 6.04 Å². The maximum atomic E-state index is 12.8. The molecule has 0 bridgehead atoms. The zero-order valence-corrected chi connectivity index (χ0v) is 12.8. The largest absolute Gasteiger partial charge is 0.497 e. The molecule has 0 radical (unpaired) electrons. The molecule has 6 nitrogen and oxygen atoms in total. The van der Waals surface area contributed by atoms with Crippen LogP contribution in [0, 0.1) is 0 Å². The summed E-state index contributed by atoms with van der Waals surface area (Å²) in [5.41, 5.74) is 6.36. The van der Waals surface area contributed by atoms with E-state index in [9.17, 15) is 4.79 Å². The second-order valence-corrected chi connectivity index (χ2v) is 5.22. The smallest absolute Gasteiger partial charge is 0.258 e. The van der Waals surface area contributed by atoms with Crippen molar-refractivity contribution in [1.29, 1.82) is 0 Å². The fraction of sp³-hybridized carbons (Fsp3) is 0.533. The normalized spacial score (nSPS) is 19.4. The van der Waals surface area contributed by atoms with Gasteiger partial charge in [0.05, 0.1) is 25.8 Å². The molecule has 1 amide bonds. The van der Waals surface area contributed by atoms with Crippen LogP contribution in [0.5, 0.6) is 11.5 Å². The van der Waals surface area contributed by atoms with Gasteiger partial charge >= 0.3 is 0 Å². The van der Waals surface area contributed by atoms with Gasteiger partial charge in [-0.1, -0.05) is 0 Å². The van der Waals surface area contributed by atoms with Gasteiger partial charge in [0.25, 0.3) is 5.91 Å². The lowest BCUT2D eigenvalue weighted by atomic mass is 10.1. The molecule has 1 aromatic carbocycles. The van der Waals surface area contributed by atoms with Crippen LogP contribution in [0.4, 0.5) is 0 Å². The second-order valence-electron chi connectivity index (χ2n) is 5.22. The second kappa shape index (κ2) is 6.78. The minimum atomic E-state index is -0.0435. The van der Waals surface area contributed by atoms with E-state index in [0.29, 0.717) is 30.2 Å². The highest BCUT2D eigenvalue weighted by Gasteiger charge is 2.30. The first kappa shape index (κ1) is 15.6. The number of benzene rings is 1. The summed E-state index contributed by atoms with van der Waals surface area (Å²) in [6.45, 7) is 2.77. The first-order valence-corrected chi connectivity index (χ1v) is 7.02. The zero-order valence-electron chi connectivity index (χ0n) is 12.8. The number of rotatable bonds is 4. The molecule has 0 aliphatic carbocycles. The molecule has 1 saturated heterocycles.